The van der Waals surface area contributed by atoms with Gasteiger partial charge in [0.15, 0.2) is 23.1 Å². The topological polar surface area (TPSA) is 65.5 Å². The van der Waals surface area contributed by atoms with Gasteiger partial charge < -0.3 is 19.5 Å². The van der Waals surface area contributed by atoms with Gasteiger partial charge in [0, 0.05) is 17.8 Å². The molecule has 7 heteroatoms. The standard InChI is InChI=1S/C14H16FN3O3/c1-8-12(15)14(17-7-16-8)18-9-5-10(19-2)13(21-4)11(6-9)20-3/h5-7H,1-4H3,(H,16,17,18). The van der Waals surface area contributed by atoms with Crippen LogP contribution >= 0.6 is 0 Å². The number of nitrogens with zero attached hydrogens (tertiary/aromatic N) is 2. The van der Waals surface area contributed by atoms with E-state index in [-0.39, 0.29) is 11.5 Å². The quantitative estimate of drug-likeness (QED) is 0.914. The molecule has 0 saturated carbocycles. The van der Waals surface area contributed by atoms with E-state index in [0.29, 0.717) is 22.9 Å². The Labute approximate surface area is 121 Å². The smallest absolute Gasteiger partial charge is 0.203 e. The molecule has 1 heterocycles. The molecular weight excluding hydrogens is 277 g/mol. The monoisotopic (exact) mass is 293 g/mol. The first kappa shape index (κ1) is 14.8. The van der Waals surface area contributed by atoms with Crippen LogP contribution in [0, 0.1) is 12.7 Å². The van der Waals surface area contributed by atoms with Gasteiger partial charge in [-0.3, -0.25) is 0 Å². The second-order valence-corrected chi connectivity index (χ2v) is 4.16. The van der Waals surface area contributed by atoms with Gasteiger partial charge in [-0.1, -0.05) is 0 Å². The van der Waals surface area contributed by atoms with Crippen LogP contribution < -0.4 is 19.5 Å². The van der Waals surface area contributed by atoms with Crippen molar-refractivity contribution in [2.45, 2.75) is 6.92 Å². The first-order valence-corrected chi connectivity index (χ1v) is 6.14. The molecule has 0 aliphatic rings. The minimum atomic E-state index is -0.508. The van der Waals surface area contributed by atoms with Crippen molar-refractivity contribution in [2.75, 3.05) is 26.6 Å². The molecule has 0 spiro atoms. The van der Waals surface area contributed by atoms with E-state index in [9.17, 15) is 4.39 Å². The third-order valence-electron chi connectivity index (χ3n) is 2.89. The van der Waals surface area contributed by atoms with Crippen molar-refractivity contribution in [3.05, 3.63) is 30.0 Å². The molecule has 0 unspecified atom stereocenters. The van der Waals surface area contributed by atoms with Crippen LogP contribution in [-0.4, -0.2) is 31.3 Å². The molecule has 112 valence electrons. The number of hydrogen-bond donors (Lipinski definition) is 1. The number of benzene rings is 1. The lowest BCUT2D eigenvalue weighted by atomic mass is 10.2. The number of rotatable bonds is 5. The summed E-state index contributed by atoms with van der Waals surface area (Å²) in [5, 5.41) is 2.87. The summed E-state index contributed by atoms with van der Waals surface area (Å²) < 4.78 is 29.6. The summed E-state index contributed by atoms with van der Waals surface area (Å²) in [6.07, 6.45) is 1.29. The molecule has 0 atom stereocenters. The van der Waals surface area contributed by atoms with Gasteiger partial charge in [-0.25, -0.2) is 14.4 Å². The number of nitrogens with one attached hydrogen (secondary N) is 1. The van der Waals surface area contributed by atoms with E-state index in [1.165, 1.54) is 27.7 Å². The highest BCUT2D eigenvalue weighted by molar-refractivity contribution is 5.66. The summed E-state index contributed by atoms with van der Waals surface area (Å²) in [4.78, 5) is 7.66. The Balaban J connectivity index is 2.43. The molecule has 2 aromatic rings. The van der Waals surface area contributed by atoms with Gasteiger partial charge >= 0.3 is 0 Å². The van der Waals surface area contributed by atoms with Crippen LogP contribution in [0.3, 0.4) is 0 Å². The molecule has 21 heavy (non-hydrogen) atoms. The third-order valence-corrected chi connectivity index (χ3v) is 2.89. The second-order valence-electron chi connectivity index (χ2n) is 4.16. The summed E-state index contributed by atoms with van der Waals surface area (Å²) in [5.74, 6) is 0.962. The van der Waals surface area contributed by atoms with E-state index in [0.717, 1.165) is 0 Å². The lowest BCUT2D eigenvalue weighted by Crippen LogP contribution is -2.02. The number of anilines is 2. The third kappa shape index (κ3) is 2.96. The van der Waals surface area contributed by atoms with Crippen molar-refractivity contribution in [1.82, 2.24) is 9.97 Å². The summed E-state index contributed by atoms with van der Waals surface area (Å²) in [5.41, 5.74) is 0.821. The zero-order chi connectivity index (χ0) is 15.4. The first-order chi connectivity index (χ1) is 10.1. The lowest BCUT2D eigenvalue weighted by molar-refractivity contribution is 0.324. The number of halogens is 1. The molecule has 0 amide bonds. The summed E-state index contributed by atoms with van der Waals surface area (Å²) in [7, 11) is 4.54. The number of aromatic nitrogens is 2. The van der Waals surface area contributed by atoms with Crippen LogP contribution in [0.4, 0.5) is 15.9 Å². The first-order valence-electron chi connectivity index (χ1n) is 6.14. The van der Waals surface area contributed by atoms with Gasteiger partial charge in [0.25, 0.3) is 0 Å². The SMILES string of the molecule is COc1cc(Nc2ncnc(C)c2F)cc(OC)c1OC. The second kappa shape index (κ2) is 6.25. The predicted molar refractivity (Wildman–Crippen MR) is 76.1 cm³/mol. The van der Waals surface area contributed by atoms with Crippen molar-refractivity contribution in [2.24, 2.45) is 0 Å². The zero-order valence-corrected chi connectivity index (χ0v) is 12.2. The van der Waals surface area contributed by atoms with E-state index in [4.69, 9.17) is 14.2 Å². The zero-order valence-electron chi connectivity index (χ0n) is 12.2. The molecule has 0 bridgehead atoms. The molecule has 1 aromatic heterocycles. The minimum absolute atomic E-state index is 0.0803. The Morgan fingerprint density at radius 1 is 1.00 bits per heavy atom. The summed E-state index contributed by atoms with van der Waals surface area (Å²) in [6.45, 7) is 1.57. The van der Waals surface area contributed by atoms with Crippen molar-refractivity contribution >= 4 is 11.5 Å². The van der Waals surface area contributed by atoms with Crippen molar-refractivity contribution < 1.29 is 18.6 Å². The van der Waals surface area contributed by atoms with E-state index < -0.39 is 5.82 Å². The number of hydrogen-bond acceptors (Lipinski definition) is 6. The average Bonchev–Trinajstić information content (AvgIpc) is 2.50. The predicted octanol–water partition coefficient (Wildman–Crippen LogP) is 2.69. The Hall–Kier alpha value is -2.57. The van der Waals surface area contributed by atoms with Gasteiger partial charge in [-0.2, -0.15) is 0 Å². The Morgan fingerprint density at radius 2 is 1.62 bits per heavy atom. The number of methoxy groups -OCH3 is 3. The maximum atomic E-state index is 13.9. The highest BCUT2D eigenvalue weighted by Gasteiger charge is 2.15. The fourth-order valence-corrected chi connectivity index (χ4v) is 1.84. The Morgan fingerprint density at radius 3 is 2.14 bits per heavy atom. The molecule has 0 fully saturated rings. The van der Waals surface area contributed by atoms with Gasteiger partial charge in [0.2, 0.25) is 5.75 Å². The summed E-state index contributed by atoms with van der Waals surface area (Å²) in [6, 6.07) is 3.33. The fraction of sp³-hybridized carbons (Fsp3) is 0.286. The molecule has 2 rings (SSSR count). The molecule has 0 radical (unpaired) electrons. The van der Waals surface area contributed by atoms with Crippen LogP contribution in [0.2, 0.25) is 0 Å². The van der Waals surface area contributed by atoms with E-state index >= 15 is 0 Å². The lowest BCUT2D eigenvalue weighted by Gasteiger charge is -2.15. The van der Waals surface area contributed by atoms with Crippen LogP contribution in [-0.2, 0) is 0 Å². The van der Waals surface area contributed by atoms with Crippen LogP contribution in [0.15, 0.2) is 18.5 Å². The van der Waals surface area contributed by atoms with E-state index in [2.05, 4.69) is 15.3 Å². The molecule has 0 aliphatic heterocycles. The van der Waals surface area contributed by atoms with E-state index in [1.807, 2.05) is 0 Å². The van der Waals surface area contributed by atoms with E-state index in [1.54, 1.807) is 19.1 Å². The van der Waals surface area contributed by atoms with Crippen molar-refractivity contribution in [1.29, 1.82) is 0 Å². The van der Waals surface area contributed by atoms with Gasteiger partial charge in [-0.05, 0) is 6.92 Å². The molecule has 1 N–H and O–H groups in total. The largest absolute Gasteiger partial charge is 0.493 e. The van der Waals surface area contributed by atoms with Gasteiger partial charge in [-0.15, -0.1) is 0 Å². The number of aryl methyl sites for hydroxylation is 1. The molecular formula is C14H16FN3O3. The molecule has 0 aliphatic carbocycles. The average molecular weight is 293 g/mol. The van der Waals surface area contributed by atoms with Crippen LogP contribution in [0.25, 0.3) is 0 Å². The minimum Gasteiger partial charge on any atom is -0.493 e. The number of ether oxygens (including phenoxy) is 3. The molecule has 6 nitrogen and oxygen atoms in total. The van der Waals surface area contributed by atoms with Crippen LogP contribution in [0.5, 0.6) is 17.2 Å². The Bertz CT molecular complexity index is 624. The van der Waals surface area contributed by atoms with Crippen molar-refractivity contribution in [3.8, 4) is 17.2 Å². The highest BCUT2D eigenvalue weighted by atomic mass is 19.1. The van der Waals surface area contributed by atoms with Crippen LogP contribution in [0.1, 0.15) is 5.69 Å². The maximum absolute atomic E-state index is 13.9. The fourth-order valence-electron chi connectivity index (χ4n) is 1.84. The molecule has 0 saturated heterocycles. The Kier molecular flexibility index (Phi) is 4.42. The van der Waals surface area contributed by atoms with Gasteiger partial charge in [0.1, 0.15) is 6.33 Å². The summed E-state index contributed by atoms with van der Waals surface area (Å²) >= 11 is 0. The maximum Gasteiger partial charge on any atom is 0.203 e. The normalized spacial score (nSPS) is 10.1. The van der Waals surface area contributed by atoms with Crippen molar-refractivity contribution in [3.63, 3.8) is 0 Å². The highest BCUT2D eigenvalue weighted by Crippen LogP contribution is 2.40. The van der Waals surface area contributed by atoms with Gasteiger partial charge in [0.05, 0.1) is 27.0 Å². The molecule has 1 aromatic carbocycles.